The zero-order valence-electron chi connectivity index (χ0n) is 14.3. The van der Waals surface area contributed by atoms with Gasteiger partial charge >= 0.3 is 5.97 Å². The Balaban J connectivity index is 2.12. The number of hydrogen-bond acceptors (Lipinski definition) is 6. The van der Waals surface area contributed by atoms with Crippen LogP contribution in [0.5, 0.6) is 0 Å². The van der Waals surface area contributed by atoms with Crippen molar-refractivity contribution in [3.63, 3.8) is 0 Å². The number of benzene rings is 1. The highest BCUT2D eigenvalue weighted by molar-refractivity contribution is 7.98. The third-order valence-corrected chi connectivity index (χ3v) is 4.18. The Labute approximate surface area is 146 Å². The van der Waals surface area contributed by atoms with Gasteiger partial charge in [0.1, 0.15) is 5.60 Å². The molecule has 1 fully saturated rings. The maximum absolute atomic E-state index is 12.6. The molecule has 7 heteroatoms. The standard InChI is InChI=1S/C17H23NO5S/c1-17(2,3)23-16(21)13(19)14-15(20)18(9-10-22-14)11-5-7-12(24-4)8-6-11/h5-8,13-14,19H,9-10H2,1-4H3. The van der Waals surface area contributed by atoms with Crippen LogP contribution in [0.1, 0.15) is 20.8 Å². The van der Waals surface area contributed by atoms with Gasteiger partial charge < -0.3 is 19.5 Å². The molecule has 0 saturated carbocycles. The summed E-state index contributed by atoms with van der Waals surface area (Å²) in [5.41, 5.74) is -0.0363. The van der Waals surface area contributed by atoms with Crippen LogP contribution in [0.25, 0.3) is 0 Å². The Bertz CT molecular complexity index is 596. The Kier molecular flexibility index (Phi) is 5.90. The van der Waals surface area contributed by atoms with Gasteiger partial charge in [0.05, 0.1) is 6.61 Å². The molecule has 0 aliphatic carbocycles. The largest absolute Gasteiger partial charge is 0.458 e. The first-order valence-corrected chi connectivity index (χ1v) is 8.93. The van der Waals surface area contributed by atoms with Crippen molar-refractivity contribution >= 4 is 29.3 Å². The number of rotatable bonds is 4. The van der Waals surface area contributed by atoms with Crippen molar-refractivity contribution < 1.29 is 24.2 Å². The fraction of sp³-hybridized carbons (Fsp3) is 0.529. The summed E-state index contributed by atoms with van der Waals surface area (Å²) >= 11 is 1.61. The van der Waals surface area contributed by atoms with Crippen molar-refractivity contribution in [2.24, 2.45) is 0 Å². The summed E-state index contributed by atoms with van der Waals surface area (Å²) in [4.78, 5) is 27.2. The summed E-state index contributed by atoms with van der Waals surface area (Å²) in [6, 6.07) is 7.52. The first kappa shape index (κ1) is 18.8. The van der Waals surface area contributed by atoms with Crippen LogP contribution in [0.15, 0.2) is 29.2 Å². The number of carbonyl (C=O) groups excluding carboxylic acids is 2. The lowest BCUT2D eigenvalue weighted by Crippen LogP contribution is -2.55. The molecule has 2 atom stereocenters. The Hall–Kier alpha value is -1.57. The fourth-order valence-electron chi connectivity index (χ4n) is 2.34. The van der Waals surface area contributed by atoms with Gasteiger partial charge in [-0.15, -0.1) is 11.8 Å². The smallest absolute Gasteiger partial charge is 0.338 e. The zero-order valence-corrected chi connectivity index (χ0v) is 15.1. The number of amides is 1. The minimum atomic E-state index is -1.65. The van der Waals surface area contributed by atoms with E-state index >= 15 is 0 Å². The molecular formula is C17H23NO5S. The highest BCUT2D eigenvalue weighted by Crippen LogP contribution is 2.24. The van der Waals surface area contributed by atoms with Crippen LogP contribution in [0, 0.1) is 0 Å². The van der Waals surface area contributed by atoms with Gasteiger partial charge in [0.15, 0.2) is 12.2 Å². The average molecular weight is 353 g/mol. The number of carbonyl (C=O) groups is 2. The third-order valence-electron chi connectivity index (χ3n) is 3.44. The normalized spacial score (nSPS) is 20.0. The van der Waals surface area contributed by atoms with Crippen molar-refractivity contribution in [3.05, 3.63) is 24.3 Å². The molecule has 132 valence electrons. The van der Waals surface area contributed by atoms with Crippen LogP contribution >= 0.6 is 11.8 Å². The van der Waals surface area contributed by atoms with Crippen LogP contribution < -0.4 is 4.90 Å². The minimum Gasteiger partial charge on any atom is -0.458 e. The summed E-state index contributed by atoms with van der Waals surface area (Å²) in [7, 11) is 0. The highest BCUT2D eigenvalue weighted by atomic mass is 32.2. The number of morpholine rings is 1. The maximum atomic E-state index is 12.6. The predicted molar refractivity (Wildman–Crippen MR) is 92.2 cm³/mol. The Morgan fingerprint density at radius 2 is 2.00 bits per heavy atom. The lowest BCUT2D eigenvalue weighted by atomic mass is 10.1. The molecule has 0 radical (unpaired) electrons. The number of ether oxygens (including phenoxy) is 2. The molecule has 1 saturated heterocycles. The summed E-state index contributed by atoms with van der Waals surface area (Å²) in [5.74, 6) is -1.31. The van der Waals surface area contributed by atoms with E-state index in [-0.39, 0.29) is 6.61 Å². The molecule has 1 aromatic carbocycles. The minimum absolute atomic E-state index is 0.237. The molecule has 1 heterocycles. The van der Waals surface area contributed by atoms with E-state index in [1.54, 1.807) is 32.5 Å². The van der Waals surface area contributed by atoms with Gasteiger partial charge in [-0.1, -0.05) is 0 Å². The molecule has 6 nitrogen and oxygen atoms in total. The number of esters is 1. The van der Waals surface area contributed by atoms with Gasteiger partial charge in [-0.05, 0) is 51.3 Å². The van der Waals surface area contributed by atoms with Gasteiger partial charge in [0.25, 0.3) is 5.91 Å². The molecule has 1 aliphatic heterocycles. The summed E-state index contributed by atoms with van der Waals surface area (Å²) in [5, 5.41) is 10.2. The lowest BCUT2D eigenvalue weighted by Gasteiger charge is -2.34. The van der Waals surface area contributed by atoms with E-state index in [2.05, 4.69) is 0 Å². The SMILES string of the molecule is CSc1ccc(N2CCOC(C(O)C(=O)OC(C)(C)C)C2=O)cc1. The summed E-state index contributed by atoms with van der Waals surface area (Å²) in [6.45, 7) is 5.69. The van der Waals surface area contributed by atoms with E-state index < -0.39 is 29.7 Å². The van der Waals surface area contributed by atoms with E-state index in [1.165, 1.54) is 4.90 Å². The molecule has 0 bridgehead atoms. The van der Waals surface area contributed by atoms with Gasteiger partial charge in [0.2, 0.25) is 0 Å². The van der Waals surface area contributed by atoms with Crippen LogP contribution in [-0.2, 0) is 19.1 Å². The molecule has 1 N–H and O–H groups in total. The second-order valence-corrected chi connectivity index (χ2v) is 7.34. The van der Waals surface area contributed by atoms with Crippen molar-refractivity contribution in [3.8, 4) is 0 Å². The topological polar surface area (TPSA) is 76.1 Å². The molecule has 2 rings (SSSR count). The van der Waals surface area contributed by atoms with E-state index in [0.717, 1.165) is 4.90 Å². The molecule has 1 aliphatic rings. The molecular weight excluding hydrogens is 330 g/mol. The van der Waals surface area contributed by atoms with Gasteiger partial charge in [-0.25, -0.2) is 4.79 Å². The van der Waals surface area contributed by atoms with Crippen LogP contribution in [0.3, 0.4) is 0 Å². The van der Waals surface area contributed by atoms with E-state index in [1.807, 2.05) is 30.5 Å². The van der Waals surface area contributed by atoms with Crippen molar-refractivity contribution in [1.29, 1.82) is 0 Å². The number of aliphatic hydroxyl groups excluding tert-OH is 1. The summed E-state index contributed by atoms with van der Waals surface area (Å²) < 4.78 is 10.5. The molecule has 2 unspecified atom stereocenters. The lowest BCUT2D eigenvalue weighted by molar-refractivity contribution is -0.177. The predicted octanol–water partition coefficient (Wildman–Crippen LogP) is 1.84. The van der Waals surface area contributed by atoms with Crippen LogP contribution in [-0.4, -0.2) is 54.2 Å². The van der Waals surface area contributed by atoms with Crippen LogP contribution in [0.2, 0.25) is 0 Å². The fourth-order valence-corrected chi connectivity index (χ4v) is 2.74. The average Bonchev–Trinajstić information content (AvgIpc) is 2.53. The molecule has 24 heavy (non-hydrogen) atoms. The molecule has 1 aromatic rings. The number of nitrogens with zero attached hydrogens (tertiary/aromatic N) is 1. The summed E-state index contributed by atoms with van der Waals surface area (Å²) in [6.07, 6.45) is -0.930. The maximum Gasteiger partial charge on any atom is 0.338 e. The van der Waals surface area contributed by atoms with Gasteiger partial charge in [-0.2, -0.15) is 0 Å². The van der Waals surface area contributed by atoms with E-state index in [0.29, 0.717) is 12.2 Å². The van der Waals surface area contributed by atoms with Gasteiger partial charge in [0, 0.05) is 17.1 Å². The van der Waals surface area contributed by atoms with E-state index in [4.69, 9.17) is 9.47 Å². The van der Waals surface area contributed by atoms with Crippen molar-refractivity contribution in [2.45, 2.75) is 43.5 Å². The van der Waals surface area contributed by atoms with Crippen molar-refractivity contribution in [2.75, 3.05) is 24.3 Å². The number of thioether (sulfide) groups is 1. The number of anilines is 1. The highest BCUT2D eigenvalue weighted by Gasteiger charge is 2.41. The third kappa shape index (κ3) is 4.49. The molecule has 0 aromatic heterocycles. The molecule has 1 amide bonds. The zero-order chi connectivity index (χ0) is 17.9. The monoisotopic (exact) mass is 353 g/mol. The number of hydrogen-bond donors (Lipinski definition) is 1. The second kappa shape index (κ2) is 7.55. The Morgan fingerprint density at radius 3 is 2.54 bits per heavy atom. The first-order valence-electron chi connectivity index (χ1n) is 7.71. The number of aliphatic hydroxyl groups is 1. The second-order valence-electron chi connectivity index (χ2n) is 6.46. The Morgan fingerprint density at radius 1 is 1.38 bits per heavy atom. The van der Waals surface area contributed by atoms with Gasteiger partial charge in [-0.3, -0.25) is 4.79 Å². The van der Waals surface area contributed by atoms with Crippen molar-refractivity contribution in [1.82, 2.24) is 0 Å². The first-order chi connectivity index (χ1) is 11.2. The quantitative estimate of drug-likeness (QED) is 0.658. The van der Waals surface area contributed by atoms with Crippen LogP contribution in [0.4, 0.5) is 5.69 Å². The molecule has 0 spiro atoms. The van der Waals surface area contributed by atoms with E-state index in [9.17, 15) is 14.7 Å².